The Labute approximate surface area is 122 Å². The number of aliphatic carboxylic acids is 1. The minimum absolute atomic E-state index is 0.204. The van der Waals surface area contributed by atoms with E-state index < -0.39 is 13.1 Å². The minimum atomic E-state index is -1.27. The molecule has 1 aliphatic rings. The van der Waals surface area contributed by atoms with Gasteiger partial charge in [-0.25, -0.2) is 0 Å². The summed E-state index contributed by atoms with van der Waals surface area (Å²) in [4.78, 5) is 13.7. The second kappa shape index (κ2) is 8.00. The van der Waals surface area contributed by atoms with Crippen LogP contribution in [0.25, 0.3) is 0 Å². The van der Waals surface area contributed by atoms with E-state index in [9.17, 15) is 9.90 Å². The van der Waals surface area contributed by atoms with Crippen molar-refractivity contribution in [2.24, 2.45) is 17.8 Å². The third-order valence-corrected chi connectivity index (χ3v) is 4.66. The fraction of sp³-hybridized carbons (Fsp3) is 0.929. The van der Waals surface area contributed by atoms with E-state index in [4.69, 9.17) is 10.0 Å². The molecule has 0 bridgehead atoms. The first-order valence-electron chi connectivity index (χ1n) is 7.60. The summed E-state index contributed by atoms with van der Waals surface area (Å²) < 4.78 is 0. The largest absolute Gasteiger partial charge is 0.481 e. The van der Waals surface area contributed by atoms with Gasteiger partial charge in [0.05, 0.1) is 5.92 Å². The van der Waals surface area contributed by atoms with E-state index in [-0.39, 0.29) is 11.8 Å². The highest BCUT2D eigenvalue weighted by molar-refractivity contribution is 6.40. The molecule has 3 N–H and O–H groups in total. The number of carbonyl (C=O) groups is 1. The quantitative estimate of drug-likeness (QED) is 0.614. The van der Waals surface area contributed by atoms with Gasteiger partial charge in [-0.1, -0.05) is 12.8 Å². The first kappa shape index (κ1) is 17.5. The fourth-order valence-corrected chi connectivity index (χ4v) is 3.07. The Balaban J connectivity index is 2.55. The van der Waals surface area contributed by atoms with Gasteiger partial charge in [0.15, 0.2) is 0 Å². The molecule has 3 atom stereocenters. The molecule has 0 aromatic carbocycles. The Morgan fingerprint density at radius 2 is 2.00 bits per heavy atom. The van der Waals surface area contributed by atoms with E-state index in [0.29, 0.717) is 31.1 Å². The molecule has 20 heavy (non-hydrogen) atoms. The second-order valence-corrected chi connectivity index (χ2v) is 6.48. The van der Waals surface area contributed by atoms with Gasteiger partial charge in [-0.15, -0.1) is 0 Å². The molecule has 0 amide bonds. The molecule has 1 saturated carbocycles. The summed E-state index contributed by atoms with van der Waals surface area (Å²) in [5.41, 5.74) is 0. The number of hydrogen-bond donors (Lipinski definition) is 3. The van der Waals surface area contributed by atoms with Gasteiger partial charge < -0.3 is 20.1 Å². The van der Waals surface area contributed by atoms with Crippen molar-refractivity contribution in [3.8, 4) is 0 Å². The predicted octanol–water partition coefficient (Wildman–Crippen LogP) is 1.31. The number of carboxylic acids is 1. The van der Waals surface area contributed by atoms with Gasteiger partial charge in [0.25, 0.3) is 0 Å². The van der Waals surface area contributed by atoms with Gasteiger partial charge in [0, 0.05) is 12.6 Å². The normalized spacial score (nSPS) is 27.1. The maximum absolute atomic E-state index is 11.5. The van der Waals surface area contributed by atoms with Crippen LogP contribution < -0.4 is 0 Å². The SMILES string of the molecule is CC(C)N(C)CC1CC[C@@H](CCB(O)O)C[C@@H]1C(=O)O. The maximum atomic E-state index is 11.5. The average molecular weight is 285 g/mol. The predicted molar refractivity (Wildman–Crippen MR) is 79.3 cm³/mol. The topological polar surface area (TPSA) is 81.0 Å². The van der Waals surface area contributed by atoms with Gasteiger partial charge in [-0.05, 0) is 51.9 Å². The molecule has 0 aliphatic heterocycles. The third kappa shape index (κ3) is 5.42. The number of rotatable bonds is 7. The smallest absolute Gasteiger partial charge is 0.451 e. The summed E-state index contributed by atoms with van der Waals surface area (Å²) in [6, 6.07) is 0.423. The summed E-state index contributed by atoms with van der Waals surface area (Å²) in [7, 11) is 0.765. The number of hydrogen-bond acceptors (Lipinski definition) is 4. The molecular formula is C14H28BNO4. The Bertz CT molecular complexity index is 312. The van der Waals surface area contributed by atoms with Crippen LogP contribution in [0.3, 0.4) is 0 Å². The van der Waals surface area contributed by atoms with Crippen LogP contribution in [-0.2, 0) is 4.79 Å². The summed E-state index contributed by atoms with van der Waals surface area (Å²) in [5.74, 6) is -0.499. The van der Waals surface area contributed by atoms with Gasteiger partial charge in [-0.2, -0.15) is 0 Å². The standard InChI is InChI=1S/C14H28BNO4/c1-10(2)16(3)9-12-5-4-11(6-7-15(19)20)8-13(12)14(17)18/h10-13,19-20H,4-9H2,1-3H3,(H,17,18)/t11-,12?,13-/m0/s1. The Kier molecular flexibility index (Phi) is 6.99. The average Bonchev–Trinajstić information content (AvgIpc) is 2.36. The number of nitrogens with zero attached hydrogens (tertiary/aromatic N) is 1. The van der Waals surface area contributed by atoms with E-state index in [1.165, 1.54) is 0 Å². The van der Waals surface area contributed by atoms with Gasteiger partial charge in [0.2, 0.25) is 0 Å². The molecule has 1 fully saturated rings. The highest BCUT2D eigenvalue weighted by atomic mass is 16.4. The Hall–Kier alpha value is -0.585. The molecule has 1 rings (SSSR count). The van der Waals surface area contributed by atoms with E-state index in [2.05, 4.69) is 18.7 Å². The van der Waals surface area contributed by atoms with Crippen LogP contribution in [0.1, 0.15) is 39.5 Å². The molecule has 0 spiro atoms. The molecule has 0 aromatic rings. The Morgan fingerprint density at radius 1 is 1.35 bits per heavy atom. The van der Waals surface area contributed by atoms with Crippen molar-refractivity contribution >= 4 is 13.1 Å². The van der Waals surface area contributed by atoms with E-state index >= 15 is 0 Å². The van der Waals surface area contributed by atoms with Crippen molar-refractivity contribution in [1.82, 2.24) is 4.90 Å². The van der Waals surface area contributed by atoms with E-state index in [0.717, 1.165) is 19.4 Å². The Morgan fingerprint density at radius 3 is 2.50 bits per heavy atom. The lowest BCUT2D eigenvalue weighted by atomic mass is 9.70. The second-order valence-electron chi connectivity index (χ2n) is 6.48. The van der Waals surface area contributed by atoms with Crippen molar-refractivity contribution in [3.05, 3.63) is 0 Å². The van der Waals surface area contributed by atoms with Crippen molar-refractivity contribution < 1.29 is 19.9 Å². The van der Waals surface area contributed by atoms with Gasteiger partial charge in [0.1, 0.15) is 0 Å². The third-order valence-electron chi connectivity index (χ3n) is 4.66. The van der Waals surface area contributed by atoms with Gasteiger partial charge in [-0.3, -0.25) is 4.79 Å². The first-order chi connectivity index (χ1) is 9.31. The zero-order valence-corrected chi connectivity index (χ0v) is 12.8. The monoisotopic (exact) mass is 285 g/mol. The van der Waals surface area contributed by atoms with Gasteiger partial charge >= 0.3 is 13.1 Å². The zero-order chi connectivity index (χ0) is 15.3. The van der Waals surface area contributed by atoms with Crippen LogP contribution in [0.15, 0.2) is 0 Å². The van der Waals surface area contributed by atoms with Crippen LogP contribution in [0, 0.1) is 17.8 Å². The molecule has 0 aromatic heterocycles. The number of carboxylic acid groups (broad SMARTS) is 1. The molecule has 0 heterocycles. The first-order valence-corrected chi connectivity index (χ1v) is 7.60. The lowest BCUT2D eigenvalue weighted by Gasteiger charge is -2.37. The summed E-state index contributed by atoms with van der Waals surface area (Å²) in [6.45, 7) is 5.05. The highest BCUT2D eigenvalue weighted by Gasteiger charge is 2.36. The van der Waals surface area contributed by atoms with Crippen molar-refractivity contribution in [3.63, 3.8) is 0 Å². The minimum Gasteiger partial charge on any atom is -0.481 e. The van der Waals surface area contributed by atoms with Crippen LogP contribution in [-0.4, -0.2) is 52.8 Å². The molecule has 116 valence electrons. The van der Waals surface area contributed by atoms with Crippen molar-refractivity contribution in [2.75, 3.05) is 13.6 Å². The summed E-state index contributed by atoms with van der Waals surface area (Å²) in [6.07, 6.45) is 3.62. The van der Waals surface area contributed by atoms with E-state index in [1.54, 1.807) is 0 Å². The van der Waals surface area contributed by atoms with Crippen LogP contribution >= 0.6 is 0 Å². The molecule has 1 unspecified atom stereocenters. The van der Waals surface area contributed by atoms with E-state index in [1.807, 2.05) is 7.05 Å². The highest BCUT2D eigenvalue weighted by Crippen LogP contribution is 2.37. The van der Waals surface area contributed by atoms with Crippen molar-refractivity contribution in [2.45, 2.75) is 51.9 Å². The molecular weight excluding hydrogens is 257 g/mol. The fourth-order valence-electron chi connectivity index (χ4n) is 3.07. The van der Waals surface area contributed by atoms with Crippen molar-refractivity contribution in [1.29, 1.82) is 0 Å². The zero-order valence-electron chi connectivity index (χ0n) is 12.8. The summed E-state index contributed by atoms with van der Waals surface area (Å²) in [5, 5.41) is 27.3. The van der Waals surface area contributed by atoms with Crippen LogP contribution in [0.5, 0.6) is 0 Å². The lowest BCUT2D eigenvalue weighted by molar-refractivity contribution is -0.146. The molecule has 1 aliphatic carbocycles. The maximum Gasteiger partial charge on any atom is 0.451 e. The molecule has 0 saturated heterocycles. The van der Waals surface area contributed by atoms with Crippen LogP contribution in [0.4, 0.5) is 0 Å². The lowest BCUT2D eigenvalue weighted by Crippen LogP contribution is -2.40. The van der Waals surface area contributed by atoms with Crippen LogP contribution in [0.2, 0.25) is 6.32 Å². The molecule has 0 radical (unpaired) electrons. The summed E-state index contributed by atoms with van der Waals surface area (Å²) >= 11 is 0. The molecule has 5 nitrogen and oxygen atoms in total. The molecule has 6 heteroatoms.